The third-order valence-corrected chi connectivity index (χ3v) is 5.10. The molecular formula is C18H24ClN3O2. The van der Waals surface area contributed by atoms with E-state index in [1.165, 1.54) is 0 Å². The average Bonchev–Trinajstić information content (AvgIpc) is 3.06. The summed E-state index contributed by atoms with van der Waals surface area (Å²) in [4.78, 5) is 14.3. The van der Waals surface area contributed by atoms with Crippen molar-refractivity contribution >= 4 is 23.2 Å². The van der Waals surface area contributed by atoms with Gasteiger partial charge in [-0.15, -0.1) is 0 Å². The molecule has 0 unspecified atom stereocenters. The largest absolute Gasteiger partial charge is 0.394 e. The number of nitrogens with one attached hydrogen (secondary N) is 1. The zero-order chi connectivity index (χ0) is 17.6. The first-order valence-electron chi connectivity index (χ1n) is 8.31. The summed E-state index contributed by atoms with van der Waals surface area (Å²) < 4.78 is 0. The van der Waals surface area contributed by atoms with E-state index in [0.717, 1.165) is 36.9 Å². The van der Waals surface area contributed by atoms with Crippen LogP contribution in [0.15, 0.2) is 18.2 Å². The Bertz CT molecular complexity index is 621. The highest BCUT2D eigenvalue weighted by Crippen LogP contribution is 2.29. The number of amides is 1. The van der Waals surface area contributed by atoms with Crippen LogP contribution in [-0.2, 0) is 4.79 Å². The summed E-state index contributed by atoms with van der Waals surface area (Å²) in [5, 5.41) is 22.4. The zero-order valence-corrected chi connectivity index (χ0v) is 14.8. The number of rotatable bonds is 7. The number of aryl methyl sites for hydroxylation is 1. The molecule has 1 aliphatic carbocycles. The SMILES string of the molecule is Cc1cc(N(CCC#N)C(=O)CNC2(CO)CCCC2)ccc1Cl. The lowest BCUT2D eigenvalue weighted by Gasteiger charge is -2.30. The molecule has 0 heterocycles. The number of benzene rings is 1. The van der Waals surface area contributed by atoms with Crippen molar-refractivity contribution in [2.24, 2.45) is 0 Å². The molecule has 1 aromatic carbocycles. The van der Waals surface area contributed by atoms with E-state index in [-0.39, 0.29) is 31.0 Å². The van der Waals surface area contributed by atoms with Crippen LogP contribution in [-0.4, -0.2) is 36.2 Å². The molecule has 1 aromatic rings. The Hall–Kier alpha value is -1.61. The van der Waals surface area contributed by atoms with E-state index in [2.05, 4.69) is 11.4 Å². The summed E-state index contributed by atoms with van der Waals surface area (Å²) in [5.41, 5.74) is 1.29. The third kappa shape index (κ3) is 4.47. The molecule has 0 saturated heterocycles. The van der Waals surface area contributed by atoms with Crippen molar-refractivity contribution in [2.75, 3.05) is 24.6 Å². The number of hydrogen-bond donors (Lipinski definition) is 2. The maximum absolute atomic E-state index is 12.7. The van der Waals surface area contributed by atoms with Gasteiger partial charge in [0.25, 0.3) is 0 Å². The van der Waals surface area contributed by atoms with Crippen LogP contribution >= 0.6 is 11.6 Å². The van der Waals surface area contributed by atoms with Gasteiger partial charge in [-0.3, -0.25) is 4.79 Å². The molecule has 0 aliphatic heterocycles. The van der Waals surface area contributed by atoms with Crippen LogP contribution in [0.2, 0.25) is 5.02 Å². The van der Waals surface area contributed by atoms with E-state index in [0.29, 0.717) is 11.6 Å². The van der Waals surface area contributed by atoms with E-state index < -0.39 is 0 Å². The minimum Gasteiger partial charge on any atom is -0.394 e. The first-order valence-corrected chi connectivity index (χ1v) is 8.68. The van der Waals surface area contributed by atoms with Crippen molar-refractivity contribution < 1.29 is 9.90 Å². The molecule has 0 atom stereocenters. The molecule has 5 nitrogen and oxygen atoms in total. The maximum Gasteiger partial charge on any atom is 0.240 e. The summed E-state index contributed by atoms with van der Waals surface area (Å²) in [6, 6.07) is 7.50. The Morgan fingerprint density at radius 2 is 2.17 bits per heavy atom. The van der Waals surface area contributed by atoms with Gasteiger partial charge in [-0.05, 0) is 43.5 Å². The highest BCUT2D eigenvalue weighted by atomic mass is 35.5. The number of aliphatic hydroxyl groups excluding tert-OH is 1. The third-order valence-electron chi connectivity index (χ3n) is 4.68. The Balaban J connectivity index is 2.10. The highest BCUT2D eigenvalue weighted by molar-refractivity contribution is 6.31. The molecule has 1 aliphatic rings. The van der Waals surface area contributed by atoms with E-state index >= 15 is 0 Å². The Morgan fingerprint density at radius 3 is 2.75 bits per heavy atom. The molecule has 6 heteroatoms. The van der Waals surface area contributed by atoms with Crippen LogP contribution in [0.4, 0.5) is 5.69 Å². The minimum atomic E-state index is -0.341. The fourth-order valence-corrected chi connectivity index (χ4v) is 3.28. The second kappa shape index (κ2) is 8.48. The van der Waals surface area contributed by atoms with E-state index in [9.17, 15) is 9.90 Å². The Morgan fingerprint density at radius 1 is 1.46 bits per heavy atom. The van der Waals surface area contributed by atoms with E-state index in [4.69, 9.17) is 16.9 Å². The van der Waals surface area contributed by atoms with Gasteiger partial charge in [0.1, 0.15) is 0 Å². The van der Waals surface area contributed by atoms with Crippen LogP contribution in [0.3, 0.4) is 0 Å². The number of hydrogen-bond acceptors (Lipinski definition) is 4. The lowest BCUT2D eigenvalue weighted by Crippen LogP contribution is -2.51. The molecule has 0 radical (unpaired) electrons. The second-order valence-electron chi connectivity index (χ2n) is 6.39. The molecule has 0 spiro atoms. The Labute approximate surface area is 148 Å². The van der Waals surface area contributed by atoms with Crippen molar-refractivity contribution in [1.82, 2.24) is 5.32 Å². The fourth-order valence-electron chi connectivity index (χ4n) is 3.16. The van der Waals surface area contributed by atoms with Gasteiger partial charge < -0.3 is 15.3 Å². The van der Waals surface area contributed by atoms with Gasteiger partial charge in [-0.1, -0.05) is 24.4 Å². The minimum absolute atomic E-state index is 0.0402. The Kier molecular flexibility index (Phi) is 6.61. The van der Waals surface area contributed by atoms with Crippen LogP contribution in [0.25, 0.3) is 0 Å². The molecular weight excluding hydrogens is 326 g/mol. The van der Waals surface area contributed by atoms with Gasteiger partial charge in [0.05, 0.1) is 25.6 Å². The lowest BCUT2D eigenvalue weighted by molar-refractivity contribution is -0.118. The molecule has 130 valence electrons. The molecule has 1 fully saturated rings. The quantitative estimate of drug-likeness (QED) is 0.793. The predicted molar refractivity (Wildman–Crippen MR) is 95.1 cm³/mol. The molecule has 24 heavy (non-hydrogen) atoms. The summed E-state index contributed by atoms with van der Waals surface area (Å²) in [5.74, 6) is -0.105. The van der Waals surface area contributed by atoms with E-state index in [1.807, 2.05) is 13.0 Å². The molecule has 2 N–H and O–H groups in total. The normalized spacial score (nSPS) is 15.9. The van der Waals surface area contributed by atoms with Crippen LogP contribution in [0.1, 0.15) is 37.7 Å². The van der Waals surface area contributed by atoms with Crippen molar-refractivity contribution in [3.05, 3.63) is 28.8 Å². The molecule has 0 bridgehead atoms. The van der Waals surface area contributed by atoms with Gasteiger partial charge >= 0.3 is 0 Å². The number of carbonyl (C=O) groups is 1. The van der Waals surface area contributed by atoms with Gasteiger partial charge in [-0.2, -0.15) is 5.26 Å². The van der Waals surface area contributed by atoms with Gasteiger partial charge in [0.15, 0.2) is 0 Å². The van der Waals surface area contributed by atoms with Crippen molar-refractivity contribution in [3.63, 3.8) is 0 Å². The number of halogens is 1. The predicted octanol–water partition coefficient (Wildman–Crippen LogP) is 2.79. The number of nitrogens with zero attached hydrogens (tertiary/aromatic N) is 2. The molecule has 1 saturated carbocycles. The highest BCUT2D eigenvalue weighted by Gasteiger charge is 2.33. The molecule has 2 rings (SSSR count). The van der Waals surface area contributed by atoms with Crippen molar-refractivity contribution in [2.45, 2.75) is 44.6 Å². The van der Waals surface area contributed by atoms with Gasteiger partial charge in [0.2, 0.25) is 5.91 Å². The maximum atomic E-state index is 12.7. The first-order chi connectivity index (χ1) is 11.5. The monoisotopic (exact) mass is 349 g/mol. The topological polar surface area (TPSA) is 76.4 Å². The van der Waals surface area contributed by atoms with Gasteiger partial charge in [0, 0.05) is 22.8 Å². The number of aliphatic hydroxyl groups is 1. The van der Waals surface area contributed by atoms with E-state index in [1.54, 1.807) is 17.0 Å². The molecule has 0 aromatic heterocycles. The smallest absolute Gasteiger partial charge is 0.240 e. The fraction of sp³-hybridized carbons (Fsp3) is 0.556. The first kappa shape index (κ1) is 18.7. The number of nitriles is 1. The number of carbonyl (C=O) groups excluding carboxylic acids is 1. The number of anilines is 1. The summed E-state index contributed by atoms with van der Waals surface area (Å²) in [6.07, 6.45) is 4.16. The van der Waals surface area contributed by atoms with Crippen LogP contribution < -0.4 is 10.2 Å². The van der Waals surface area contributed by atoms with Crippen molar-refractivity contribution in [1.29, 1.82) is 5.26 Å². The standard InChI is InChI=1S/C18H24ClN3O2/c1-14-11-15(5-6-16(14)19)22(10-4-9-20)17(24)12-21-18(13-23)7-2-3-8-18/h5-6,11,21,23H,2-4,7-8,10,12-13H2,1H3. The summed E-state index contributed by atoms with van der Waals surface area (Å²) in [6.45, 7) is 2.41. The summed E-state index contributed by atoms with van der Waals surface area (Å²) >= 11 is 6.06. The average molecular weight is 350 g/mol. The van der Waals surface area contributed by atoms with Gasteiger partial charge in [-0.25, -0.2) is 0 Å². The van der Waals surface area contributed by atoms with Crippen LogP contribution in [0, 0.1) is 18.3 Å². The summed E-state index contributed by atoms with van der Waals surface area (Å²) in [7, 11) is 0. The van der Waals surface area contributed by atoms with Crippen LogP contribution in [0.5, 0.6) is 0 Å². The molecule has 1 amide bonds. The van der Waals surface area contributed by atoms with Crippen molar-refractivity contribution in [3.8, 4) is 6.07 Å². The second-order valence-corrected chi connectivity index (χ2v) is 6.79. The zero-order valence-electron chi connectivity index (χ0n) is 14.0. The lowest BCUT2D eigenvalue weighted by atomic mass is 9.99.